The zero-order valence-corrected chi connectivity index (χ0v) is 13.5. The van der Waals surface area contributed by atoms with Crippen molar-refractivity contribution in [1.29, 1.82) is 0 Å². The zero-order chi connectivity index (χ0) is 16.4. The number of aryl methyl sites for hydroxylation is 2. The number of rotatable bonds is 5. The number of nitrogens with zero attached hydrogens (tertiary/aromatic N) is 1. The quantitative estimate of drug-likeness (QED) is 0.749. The Balaban J connectivity index is 1.64. The number of nitrogens with one attached hydrogen (secondary N) is 1. The molecule has 0 saturated carbocycles. The Kier molecular flexibility index (Phi) is 4.31. The van der Waals surface area contributed by atoms with Crippen LogP contribution in [0.15, 0.2) is 38.6 Å². The SMILES string of the molecule is Cc1noc(C)c1C(=O)NCC(O)c1ccc(-c2cccs2)o1. The lowest BCUT2D eigenvalue weighted by atomic mass is 10.2. The molecule has 120 valence electrons. The Morgan fingerprint density at radius 3 is 2.87 bits per heavy atom. The number of aliphatic hydroxyl groups excluding tert-OH is 1. The van der Waals surface area contributed by atoms with E-state index in [1.807, 2.05) is 17.5 Å². The van der Waals surface area contributed by atoms with Gasteiger partial charge in [0, 0.05) is 0 Å². The van der Waals surface area contributed by atoms with Gasteiger partial charge in [-0.05, 0) is 37.4 Å². The van der Waals surface area contributed by atoms with Crippen LogP contribution in [-0.4, -0.2) is 22.7 Å². The number of carbonyl (C=O) groups excluding carboxylic acids is 1. The molecule has 0 aliphatic carbocycles. The van der Waals surface area contributed by atoms with E-state index in [9.17, 15) is 9.90 Å². The molecule has 2 N–H and O–H groups in total. The highest BCUT2D eigenvalue weighted by molar-refractivity contribution is 7.13. The van der Waals surface area contributed by atoms with E-state index < -0.39 is 6.10 Å². The smallest absolute Gasteiger partial charge is 0.256 e. The molecule has 3 aromatic rings. The van der Waals surface area contributed by atoms with Crippen molar-refractivity contribution < 1.29 is 18.8 Å². The fraction of sp³-hybridized carbons (Fsp3) is 0.250. The van der Waals surface area contributed by atoms with Crippen molar-refractivity contribution in [3.05, 3.63) is 52.4 Å². The molecule has 6 nitrogen and oxygen atoms in total. The molecule has 7 heteroatoms. The number of carbonyl (C=O) groups is 1. The van der Waals surface area contributed by atoms with Crippen molar-refractivity contribution in [1.82, 2.24) is 10.5 Å². The largest absolute Gasteiger partial charge is 0.457 e. The Labute approximate surface area is 136 Å². The summed E-state index contributed by atoms with van der Waals surface area (Å²) >= 11 is 1.56. The van der Waals surface area contributed by atoms with E-state index in [-0.39, 0.29) is 12.5 Å². The molecule has 3 heterocycles. The maximum Gasteiger partial charge on any atom is 0.256 e. The van der Waals surface area contributed by atoms with Crippen molar-refractivity contribution in [2.24, 2.45) is 0 Å². The normalized spacial score (nSPS) is 12.3. The molecule has 1 amide bonds. The molecule has 0 spiro atoms. The molecule has 1 atom stereocenters. The van der Waals surface area contributed by atoms with Crippen LogP contribution in [0.25, 0.3) is 10.6 Å². The summed E-state index contributed by atoms with van der Waals surface area (Å²) in [5.41, 5.74) is 0.920. The molecule has 3 aromatic heterocycles. The molecule has 0 aliphatic rings. The van der Waals surface area contributed by atoms with Crippen LogP contribution in [0.2, 0.25) is 0 Å². The average Bonchev–Trinajstić information content (AvgIpc) is 3.25. The summed E-state index contributed by atoms with van der Waals surface area (Å²) in [5, 5.41) is 18.5. The van der Waals surface area contributed by atoms with Crippen LogP contribution in [0.1, 0.15) is 33.7 Å². The molecule has 0 saturated heterocycles. The first-order chi connectivity index (χ1) is 11.1. The van der Waals surface area contributed by atoms with Gasteiger partial charge in [0.05, 0.1) is 17.1 Å². The van der Waals surface area contributed by atoms with Gasteiger partial charge >= 0.3 is 0 Å². The van der Waals surface area contributed by atoms with E-state index in [0.717, 1.165) is 4.88 Å². The van der Waals surface area contributed by atoms with Crippen molar-refractivity contribution in [3.8, 4) is 10.6 Å². The summed E-state index contributed by atoms with van der Waals surface area (Å²) in [6.45, 7) is 3.41. The minimum absolute atomic E-state index is 0.0420. The first kappa shape index (κ1) is 15.5. The average molecular weight is 332 g/mol. The standard InChI is InChI=1S/C16H16N2O4S/c1-9-15(10(2)22-18-9)16(20)17-8-11(19)12-5-6-13(21-12)14-4-3-7-23-14/h3-7,11,19H,8H2,1-2H3,(H,17,20). The van der Waals surface area contributed by atoms with Gasteiger partial charge in [0.1, 0.15) is 28.9 Å². The number of thiophene rings is 1. The van der Waals surface area contributed by atoms with E-state index in [1.165, 1.54) is 0 Å². The lowest BCUT2D eigenvalue weighted by molar-refractivity contribution is 0.0900. The van der Waals surface area contributed by atoms with Gasteiger partial charge in [-0.25, -0.2) is 0 Å². The Morgan fingerprint density at radius 1 is 1.39 bits per heavy atom. The molecule has 0 bridgehead atoms. The number of hydrogen-bond acceptors (Lipinski definition) is 6. The van der Waals surface area contributed by atoms with Gasteiger partial charge in [-0.15, -0.1) is 11.3 Å². The highest BCUT2D eigenvalue weighted by Gasteiger charge is 2.20. The van der Waals surface area contributed by atoms with E-state index in [2.05, 4.69) is 10.5 Å². The summed E-state index contributed by atoms with van der Waals surface area (Å²) in [6.07, 6.45) is -0.923. The minimum Gasteiger partial charge on any atom is -0.457 e. The van der Waals surface area contributed by atoms with Crippen LogP contribution in [0.4, 0.5) is 0 Å². The number of hydrogen-bond donors (Lipinski definition) is 2. The molecule has 0 aliphatic heterocycles. The van der Waals surface area contributed by atoms with Gasteiger partial charge in [0.15, 0.2) is 0 Å². The third-order valence-electron chi connectivity index (χ3n) is 3.44. The summed E-state index contributed by atoms with van der Waals surface area (Å²) in [7, 11) is 0. The number of aromatic nitrogens is 1. The third kappa shape index (κ3) is 3.20. The minimum atomic E-state index is -0.923. The lowest BCUT2D eigenvalue weighted by Crippen LogP contribution is -2.28. The lowest BCUT2D eigenvalue weighted by Gasteiger charge is -2.09. The first-order valence-corrected chi connectivity index (χ1v) is 7.97. The van der Waals surface area contributed by atoms with E-state index >= 15 is 0 Å². The fourth-order valence-electron chi connectivity index (χ4n) is 2.27. The van der Waals surface area contributed by atoms with Gasteiger partial charge in [-0.2, -0.15) is 0 Å². The summed E-state index contributed by atoms with van der Waals surface area (Å²) in [4.78, 5) is 13.1. The van der Waals surface area contributed by atoms with Crippen LogP contribution in [0.3, 0.4) is 0 Å². The molecule has 0 aromatic carbocycles. The van der Waals surface area contributed by atoms with Crippen LogP contribution in [0, 0.1) is 13.8 Å². The summed E-state index contributed by atoms with van der Waals surface area (Å²) in [6, 6.07) is 7.39. The topological polar surface area (TPSA) is 88.5 Å². The van der Waals surface area contributed by atoms with Crippen molar-refractivity contribution in [2.45, 2.75) is 20.0 Å². The Bertz CT molecular complexity index is 785. The third-order valence-corrected chi connectivity index (χ3v) is 4.32. The van der Waals surface area contributed by atoms with Crippen LogP contribution >= 0.6 is 11.3 Å². The van der Waals surface area contributed by atoms with Crippen molar-refractivity contribution >= 4 is 17.2 Å². The fourth-order valence-corrected chi connectivity index (χ4v) is 2.96. The predicted octanol–water partition coefficient (Wildman–Crippen LogP) is 3.08. The van der Waals surface area contributed by atoms with E-state index in [4.69, 9.17) is 8.94 Å². The number of furan rings is 1. The second-order valence-electron chi connectivity index (χ2n) is 5.10. The summed E-state index contributed by atoms with van der Waals surface area (Å²) in [5.74, 6) is 1.23. The summed E-state index contributed by atoms with van der Waals surface area (Å²) < 4.78 is 10.6. The van der Waals surface area contributed by atoms with E-state index in [0.29, 0.717) is 28.5 Å². The molecule has 0 fully saturated rings. The first-order valence-electron chi connectivity index (χ1n) is 7.09. The molecule has 1 unspecified atom stereocenters. The van der Waals surface area contributed by atoms with Gasteiger partial charge in [0.25, 0.3) is 5.91 Å². The zero-order valence-electron chi connectivity index (χ0n) is 12.7. The van der Waals surface area contributed by atoms with Gasteiger partial charge in [0.2, 0.25) is 0 Å². The van der Waals surface area contributed by atoms with Crippen molar-refractivity contribution in [2.75, 3.05) is 6.54 Å². The molecule has 0 radical (unpaired) electrons. The van der Waals surface area contributed by atoms with Crippen LogP contribution in [-0.2, 0) is 0 Å². The van der Waals surface area contributed by atoms with Gasteiger partial charge < -0.3 is 19.4 Å². The second kappa shape index (κ2) is 6.39. The number of amides is 1. The maximum atomic E-state index is 12.1. The Hall–Kier alpha value is -2.38. The van der Waals surface area contributed by atoms with E-state index in [1.54, 1.807) is 37.3 Å². The second-order valence-corrected chi connectivity index (χ2v) is 6.05. The predicted molar refractivity (Wildman–Crippen MR) is 85.3 cm³/mol. The maximum absolute atomic E-state index is 12.1. The van der Waals surface area contributed by atoms with Crippen LogP contribution < -0.4 is 5.32 Å². The highest BCUT2D eigenvalue weighted by atomic mass is 32.1. The highest BCUT2D eigenvalue weighted by Crippen LogP contribution is 2.28. The molecular formula is C16H16N2O4S. The van der Waals surface area contributed by atoms with Gasteiger partial charge in [-0.1, -0.05) is 11.2 Å². The van der Waals surface area contributed by atoms with Crippen molar-refractivity contribution in [3.63, 3.8) is 0 Å². The number of aliphatic hydroxyl groups is 1. The Morgan fingerprint density at radius 2 is 2.22 bits per heavy atom. The molecular weight excluding hydrogens is 316 g/mol. The molecule has 23 heavy (non-hydrogen) atoms. The monoisotopic (exact) mass is 332 g/mol. The molecule has 3 rings (SSSR count). The van der Waals surface area contributed by atoms with Gasteiger partial charge in [-0.3, -0.25) is 4.79 Å². The van der Waals surface area contributed by atoms with Crippen LogP contribution in [0.5, 0.6) is 0 Å².